The summed E-state index contributed by atoms with van der Waals surface area (Å²) in [7, 11) is 1.56. The molecule has 0 aliphatic carbocycles. The number of ether oxygens (including phenoxy) is 8. The fraction of sp³-hybridized carbons (Fsp3) is 0.175. The molecule has 3 unspecified atom stereocenters. The lowest BCUT2D eigenvalue weighted by molar-refractivity contribution is -0.0388. The van der Waals surface area contributed by atoms with Gasteiger partial charge in [-0.2, -0.15) is 0 Å². The molecule has 3 atom stereocenters. The van der Waals surface area contributed by atoms with Gasteiger partial charge in [-0.3, -0.25) is 0 Å². The Bertz CT molecular complexity index is 3160. The van der Waals surface area contributed by atoms with E-state index in [0.29, 0.717) is 70.6 Å². The Morgan fingerprint density at radius 1 is 0.440 bits per heavy atom. The lowest BCUT2D eigenvalue weighted by atomic mass is 9.97. The molecule has 378 valence electrons. The summed E-state index contributed by atoms with van der Waals surface area (Å²) in [5.74, 6) is -0.182. The van der Waals surface area contributed by atoms with Gasteiger partial charge in [0.05, 0.1) is 48.2 Å². The van der Waals surface area contributed by atoms with Crippen LogP contribution in [0.4, 0.5) is 0 Å². The third-order valence-corrected chi connectivity index (χ3v) is 12.6. The van der Waals surface area contributed by atoms with Gasteiger partial charge in [-0.05, 0) is 137 Å². The highest BCUT2D eigenvalue weighted by Crippen LogP contribution is 2.38. The summed E-state index contributed by atoms with van der Waals surface area (Å²) in [5.41, 5.74) is 5.92. The summed E-state index contributed by atoms with van der Waals surface area (Å²) in [6.07, 6.45) is -0.420. The van der Waals surface area contributed by atoms with Crippen molar-refractivity contribution in [1.82, 2.24) is 0 Å². The topological polar surface area (TPSA) is 145 Å². The van der Waals surface area contributed by atoms with Crippen molar-refractivity contribution in [2.45, 2.75) is 37.6 Å². The lowest BCUT2D eigenvalue weighted by Crippen LogP contribution is -2.23. The molecule has 0 N–H and O–H groups in total. The molecule has 12 nitrogen and oxygen atoms in total. The van der Waals surface area contributed by atoms with Gasteiger partial charge in [-0.15, -0.1) is 0 Å². The molecule has 0 bridgehead atoms. The first kappa shape index (κ1) is 51.1. The van der Waals surface area contributed by atoms with Crippen LogP contribution in [-0.4, -0.2) is 63.0 Å². The van der Waals surface area contributed by atoms with Gasteiger partial charge in [0, 0.05) is 26.1 Å². The van der Waals surface area contributed by atoms with Crippen molar-refractivity contribution in [2.75, 3.05) is 33.5 Å². The Hall–Kier alpha value is -8.84. The molecule has 0 spiro atoms. The van der Waals surface area contributed by atoms with E-state index in [2.05, 4.69) is 6.92 Å². The second kappa shape index (κ2) is 24.3. The molecule has 1 aliphatic heterocycles. The predicted octanol–water partition coefficient (Wildman–Crippen LogP) is 12.9. The predicted molar refractivity (Wildman–Crippen MR) is 282 cm³/mol. The summed E-state index contributed by atoms with van der Waals surface area (Å²) in [4.78, 5) is 53.7. The average Bonchev–Trinajstić information content (AvgIpc) is 4.20. The minimum Gasteiger partial charge on any atom is -0.497 e. The van der Waals surface area contributed by atoms with E-state index < -0.39 is 36.1 Å². The van der Waals surface area contributed by atoms with Gasteiger partial charge >= 0.3 is 23.9 Å². The van der Waals surface area contributed by atoms with Gasteiger partial charge in [-0.1, -0.05) is 109 Å². The van der Waals surface area contributed by atoms with E-state index >= 15 is 0 Å². The molecule has 0 radical (unpaired) electrons. The van der Waals surface area contributed by atoms with Crippen LogP contribution in [0.25, 0.3) is 22.3 Å². The molecule has 9 rings (SSSR count). The molecular formula is C63H54O12. The Morgan fingerprint density at radius 3 is 1.20 bits per heavy atom. The van der Waals surface area contributed by atoms with E-state index in [4.69, 9.17) is 37.9 Å². The summed E-state index contributed by atoms with van der Waals surface area (Å²) in [5, 5.41) is 0. The Labute approximate surface area is 435 Å². The van der Waals surface area contributed by atoms with E-state index in [1.54, 1.807) is 116 Å². The van der Waals surface area contributed by atoms with Crippen molar-refractivity contribution in [3.8, 4) is 45.3 Å². The number of epoxide rings is 1. The Kier molecular flexibility index (Phi) is 16.5. The molecule has 8 aromatic rings. The Balaban J connectivity index is 0.809. The highest BCUT2D eigenvalue weighted by molar-refractivity contribution is 5.93. The van der Waals surface area contributed by atoms with Gasteiger partial charge in [0.2, 0.25) is 0 Å². The number of methoxy groups -OCH3 is 1. The molecule has 12 heteroatoms. The first-order valence-electron chi connectivity index (χ1n) is 24.6. The highest BCUT2D eigenvalue weighted by atomic mass is 16.6. The third kappa shape index (κ3) is 13.8. The zero-order valence-corrected chi connectivity index (χ0v) is 41.4. The van der Waals surface area contributed by atoms with Gasteiger partial charge < -0.3 is 37.9 Å². The Morgan fingerprint density at radius 2 is 0.800 bits per heavy atom. The smallest absolute Gasteiger partial charge is 0.343 e. The third-order valence-electron chi connectivity index (χ3n) is 12.6. The summed E-state index contributed by atoms with van der Waals surface area (Å²) < 4.78 is 45.8. The molecule has 8 aromatic carbocycles. The molecule has 1 fully saturated rings. The van der Waals surface area contributed by atoms with Crippen LogP contribution in [0.1, 0.15) is 84.5 Å². The minimum atomic E-state index is -1.03. The fourth-order valence-corrected chi connectivity index (χ4v) is 8.04. The monoisotopic (exact) mass is 1000 g/mol. The van der Waals surface area contributed by atoms with Crippen LogP contribution in [0.15, 0.2) is 206 Å². The number of carbonyl (C=O) groups excluding carboxylic acids is 4. The normalized spacial score (nSPS) is 14.4. The second-order valence-electron chi connectivity index (χ2n) is 18.0. The molecule has 0 saturated carbocycles. The molecule has 1 saturated heterocycles. The summed E-state index contributed by atoms with van der Waals surface area (Å²) >= 11 is 0. The first-order chi connectivity index (χ1) is 36.6. The maximum Gasteiger partial charge on any atom is 0.343 e. The number of benzene rings is 8. The van der Waals surface area contributed by atoms with E-state index in [1.807, 2.05) is 97.1 Å². The highest BCUT2D eigenvalue weighted by Gasteiger charge is 2.38. The maximum absolute atomic E-state index is 14.0. The lowest BCUT2D eigenvalue weighted by Gasteiger charge is -2.28. The molecule has 75 heavy (non-hydrogen) atoms. The van der Waals surface area contributed by atoms with Crippen LogP contribution in [0.2, 0.25) is 0 Å². The zero-order chi connectivity index (χ0) is 52.0. The minimum absolute atomic E-state index is 0.00566. The number of carbonyl (C=O) groups is 4. The van der Waals surface area contributed by atoms with Crippen LogP contribution < -0.4 is 18.9 Å². The largest absolute Gasteiger partial charge is 0.497 e. The molecular weight excluding hydrogens is 949 g/mol. The quantitative estimate of drug-likeness (QED) is 0.0276. The zero-order valence-electron chi connectivity index (χ0n) is 41.4. The number of hydrogen-bond acceptors (Lipinski definition) is 12. The van der Waals surface area contributed by atoms with Gasteiger partial charge in [0.15, 0.2) is 12.2 Å². The van der Waals surface area contributed by atoms with Crippen molar-refractivity contribution in [1.29, 1.82) is 0 Å². The van der Waals surface area contributed by atoms with Crippen LogP contribution in [0.3, 0.4) is 0 Å². The summed E-state index contributed by atoms with van der Waals surface area (Å²) in [6.45, 7) is 4.64. The van der Waals surface area contributed by atoms with Gasteiger partial charge in [-0.25, -0.2) is 19.2 Å². The van der Waals surface area contributed by atoms with Crippen molar-refractivity contribution in [3.05, 3.63) is 240 Å². The SMILES string of the molecule is COc1ccc(C(=O)Oc2ccc(-c3ccc(C(=O)OC(c4ccccc4)C(OC(=O)c4ccc(-c5ccc(OC(=O)c6ccc(OCCCOCCC7(C)CO7)cc6)cc5)cc4)c4ccccc4)cc3)cc2)cc1. The molecule has 0 aromatic heterocycles. The average molecular weight is 1000 g/mol. The van der Waals surface area contributed by atoms with Crippen molar-refractivity contribution in [3.63, 3.8) is 0 Å². The summed E-state index contributed by atoms with van der Waals surface area (Å²) in [6, 6.07) is 59.9. The van der Waals surface area contributed by atoms with Gasteiger partial charge in [0.1, 0.15) is 23.0 Å². The number of rotatable bonds is 22. The maximum atomic E-state index is 14.0. The molecule has 1 heterocycles. The van der Waals surface area contributed by atoms with E-state index in [-0.39, 0.29) is 11.2 Å². The van der Waals surface area contributed by atoms with Crippen LogP contribution >= 0.6 is 0 Å². The van der Waals surface area contributed by atoms with E-state index in [1.165, 1.54) is 0 Å². The van der Waals surface area contributed by atoms with Crippen molar-refractivity contribution in [2.24, 2.45) is 0 Å². The van der Waals surface area contributed by atoms with Crippen molar-refractivity contribution >= 4 is 23.9 Å². The first-order valence-corrected chi connectivity index (χ1v) is 24.6. The van der Waals surface area contributed by atoms with Gasteiger partial charge in [0.25, 0.3) is 0 Å². The second-order valence-corrected chi connectivity index (χ2v) is 18.0. The van der Waals surface area contributed by atoms with Crippen LogP contribution in [-0.2, 0) is 18.9 Å². The fourth-order valence-electron chi connectivity index (χ4n) is 8.04. The van der Waals surface area contributed by atoms with Crippen LogP contribution in [0, 0.1) is 0 Å². The molecule has 0 amide bonds. The molecule has 1 aliphatic rings. The number of esters is 4. The van der Waals surface area contributed by atoms with Crippen molar-refractivity contribution < 1.29 is 57.1 Å². The van der Waals surface area contributed by atoms with Crippen LogP contribution in [0.5, 0.6) is 23.0 Å². The number of hydrogen-bond donors (Lipinski definition) is 0. The van der Waals surface area contributed by atoms with E-state index in [0.717, 1.165) is 41.7 Å². The van der Waals surface area contributed by atoms with E-state index in [9.17, 15) is 19.2 Å². The standard InChI is InChI=1S/C63H54O12/c1-63(42-71-63)38-41-69-39-9-40-70-54-32-28-52(29-33-54)60(65)73-56-36-24-46(25-37-56)44-16-20-50(21-17-44)62(67)75-58(48-12-7-4-8-13-48)57(47-10-5-3-6-11-47)74-61(66)49-18-14-43(15-19-49)45-22-34-55(35-23-45)72-59(64)51-26-30-53(68-2)31-27-51/h3-8,10-37,57-58H,9,38-42H2,1-2H3.